The second-order valence-corrected chi connectivity index (χ2v) is 14.7. The lowest BCUT2D eigenvalue weighted by molar-refractivity contribution is -0.161. The Morgan fingerprint density at radius 1 is 1.11 bits per heavy atom. The third-order valence-electron chi connectivity index (χ3n) is 4.16. The summed E-state index contributed by atoms with van der Waals surface area (Å²) in [7, 11) is 11.7. The molecule has 0 saturated carbocycles. The zero-order valence-corrected chi connectivity index (χ0v) is 18.8. The summed E-state index contributed by atoms with van der Waals surface area (Å²) < 4.78 is 35.3. The van der Waals surface area contributed by atoms with Gasteiger partial charge >= 0.3 is 0 Å². The van der Waals surface area contributed by atoms with Crippen LogP contribution in [0.15, 0.2) is 0 Å². The van der Waals surface area contributed by atoms with Crippen molar-refractivity contribution in [2.75, 3.05) is 12.4 Å². The largest absolute Gasteiger partial charge is 0.784 e. The fraction of sp³-hybridized carbons (Fsp3) is 1.00. The molecule has 6 nitrogen and oxygen atoms in total. The minimum absolute atomic E-state index is 0.0312. The van der Waals surface area contributed by atoms with E-state index in [1.54, 1.807) is 0 Å². The van der Waals surface area contributed by atoms with Crippen LogP contribution >= 0.6 is 28.5 Å². The summed E-state index contributed by atoms with van der Waals surface area (Å²) >= 11 is 1.81. The monoisotopic (exact) mass is 433 g/mol. The molecule has 2 rings (SSSR count). The number of hydrogen-bond acceptors (Lipinski definition) is 8. The van der Waals surface area contributed by atoms with Crippen LogP contribution in [0.5, 0.6) is 0 Å². The number of ether oxygens (including phenoxy) is 4. The lowest BCUT2D eigenvalue weighted by atomic mass is 9.96. The molecule has 0 aromatic heterocycles. The molecule has 0 aliphatic carbocycles. The van der Waals surface area contributed by atoms with Gasteiger partial charge in [0.05, 0.1) is 37.1 Å². The lowest BCUT2D eigenvalue weighted by Gasteiger charge is -2.29. The normalized spacial score (nSPS) is 36.6. The molecule has 0 aromatic rings. The van der Waals surface area contributed by atoms with Crippen LogP contribution in [0.2, 0.25) is 0 Å². The van der Waals surface area contributed by atoms with Gasteiger partial charge in [0.1, 0.15) is 21.5 Å². The molecule has 152 valence electrons. The van der Waals surface area contributed by atoms with Crippen molar-refractivity contribution in [3.63, 3.8) is 0 Å². The maximum atomic E-state index is 12.6. The zero-order chi connectivity index (χ0) is 20.2. The average Bonchev–Trinajstić information content (AvgIpc) is 3.04. The van der Waals surface area contributed by atoms with Crippen LogP contribution in [0.25, 0.3) is 0 Å². The predicted octanol–water partition coefficient (Wildman–Crippen LogP) is 2.08. The van der Waals surface area contributed by atoms with E-state index in [0.717, 1.165) is 22.8 Å². The van der Waals surface area contributed by atoms with Crippen molar-refractivity contribution in [2.24, 2.45) is 0 Å². The van der Waals surface area contributed by atoms with E-state index in [0.29, 0.717) is 19.4 Å². The van der Waals surface area contributed by atoms with Gasteiger partial charge in [-0.05, 0) is 40.5 Å². The molecule has 0 spiro atoms. The molecule has 0 N–H and O–H groups in total. The molecular formula is C16H28B2O6PS2-. The Hall–Kier alpha value is 0.860. The van der Waals surface area contributed by atoms with Crippen LogP contribution in [0, 0.1) is 0 Å². The smallest absolute Gasteiger partial charge is 0.123 e. The summed E-state index contributed by atoms with van der Waals surface area (Å²) in [6.45, 7) is 8.05. The van der Waals surface area contributed by atoms with Gasteiger partial charge in [0.25, 0.3) is 0 Å². The molecular weight excluding hydrogens is 405 g/mol. The van der Waals surface area contributed by atoms with E-state index in [4.69, 9.17) is 34.6 Å². The Morgan fingerprint density at radius 3 is 2.37 bits per heavy atom. The van der Waals surface area contributed by atoms with Crippen molar-refractivity contribution < 1.29 is 28.4 Å². The molecule has 0 bridgehead atoms. The summed E-state index contributed by atoms with van der Waals surface area (Å²) in [6.07, 6.45) is 0.274. The average molecular weight is 433 g/mol. The number of hydrogen-bond donors (Lipinski definition) is 0. The highest BCUT2D eigenvalue weighted by atomic mass is 33.1. The van der Waals surface area contributed by atoms with Gasteiger partial charge in [-0.25, -0.2) is 0 Å². The van der Waals surface area contributed by atoms with E-state index in [1.165, 1.54) is 0 Å². The van der Waals surface area contributed by atoms with E-state index in [1.807, 2.05) is 27.7 Å². The molecule has 2 fully saturated rings. The zero-order valence-electron chi connectivity index (χ0n) is 16.3. The Labute approximate surface area is 173 Å². The second kappa shape index (κ2) is 10.8. The van der Waals surface area contributed by atoms with Crippen LogP contribution in [0.1, 0.15) is 40.5 Å². The number of rotatable bonds is 10. The van der Waals surface area contributed by atoms with Crippen LogP contribution < -0.4 is 4.89 Å². The van der Waals surface area contributed by atoms with Crippen molar-refractivity contribution >= 4 is 44.2 Å². The van der Waals surface area contributed by atoms with Gasteiger partial charge in [0.15, 0.2) is 0 Å². The van der Waals surface area contributed by atoms with Crippen LogP contribution in [0.4, 0.5) is 0 Å². The molecule has 2 saturated heterocycles. The lowest BCUT2D eigenvalue weighted by Crippen LogP contribution is -2.29. The van der Waals surface area contributed by atoms with E-state index >= 15 is 0 Å². The highest BCUT2D eigenvalue weighted by molar-refractivity contribution is 8.88. The molecule has 7 atom stereocenters. The Morgan fingerprint density at radius 2 is 1.74 bits per heavy atom. The fourth-order valence-electron chi connectivity index (χ4n) is 3.04. The first kappa shape index (κ1) is 24.1. The van der Waals surface area contributed by atoms with Crippen molar-refractivity contribution in [3.8, 4) is 0 Å². The molecule has 4 radical (unpaired) electrons. The van der Waals surface area contributed by atoms with Crippen molar-refractivity contribution in [2.45, 2.75) is 88.3 Å². The predicted molar refractivity (Wildman–Crippen MR) is 111 cm³/mol. The van der Waals surface area contributed by atoms with Crippen LogP contribution in [0.3, 0.4) is 0 Å². The molecule has 2 aliphatic heterocycles. The van der Waals surface area contributed by atoms with Gasteiger partial charge in [-0.3, -0.25) is 0 Å². The Bertz CT molecular complexity index is 515. The van der Waals surface area contributed by atoms with Gasteiger partial charge in [0, 0.05) is 23.0 Å². The van der Waals surface area contributed by atoms with Gasteiger partial charge in [-0.1, -0.05) is 22.8 Å². The third kappa shape index (κ3) is 8.25. The second-order valence-electron chi connectivity index (χ2n) is 7.39. The van der Waals surface area contributed by atoms with Crippen molar-refractivity contribution in [1.29, 1.82) is 0 Å². The minimum Gasteiger partial charge on any atom is -0.784 e. The molecule has 27 heavy (non-hydrogen) atoms. The van der Waals surface area contributed by atoms with Gasteiger partial charge < -0.3 is 28.4 Å². The molecule has 2 heterocycles. The molecule has 1 unspecified atom stereocenters. The first-order valence-electron chi connectivity index (χ1n) is 9.29. The maximum Gasteiger partial charge on any atom is 0.123 e. The van der Waals surface area contributed by atoms with E-state index in [2.05, 4.69) is 0 Å². The van der Waals surface area contributed by atoms with E-state index < -0.39 is 17.8 Å². The summed E-state index contributed by atoms with van der Waals surface area (Å²) in [5.74, 6) is -3.49. The topological polar surface area (TPSA) is 77.1 Å². The third-order valence-corrected chi connectivity index (χ3v) is 10.7. The van der Waals surface area contributed by atoms with Crippen LogP contribution in [-0.4, -0.2) is 75.8 Å². The summed E-state index contributed by atoms with van der Waals surface area (Å²) in [5, 5.41) is -0.246. The SMILES string of the molecule is [B][C@H]1C[C@@H](OC(C)C)[C@@H](CSP(=O)([O-])S[C@@H]2C[C@H]([B])O[C@@H]2COC(C)C)O1. The van der Waals surface area contributed by atoms with E-state index in [-0.39, 0.29) is 41.5 Å². The summed E-state index contributed by atoms with van der Waals surface area (Å²) in [6, 6.07) is -0.884. The standard InChI is InChI=1S/C16H29B2O6PS2/c1-9(2)21-7-12-14(6-16(18)23-12)27-25(19,20)26-8-13-11(22-10(3)4)5-15(17)24-13/h9-16H,5-8H2,1-4H3,(H,19,20)/p-1/t11-,12-,13-,14-,15-,16-/m1/s1. The Balaban J connectivity index is 1.87. The van der Waals surface area contributed by atoms with E-state index in [9.17, 15) is 9.46 Å². The first-order chi connectivity index (χ1) is 12.6. The first-order valence-corrected chi connectivity index (χ1v) is 14.0. The molecule has 0 amide bonds. The van der Waals surface area contributed by atoms with Crippen LogP contribution in [-0.2, 0) is 23.5 Å². The van der Waals surface area contributed by atoms with Crippen molar-refractivity contribution in [1.82, 2.24) is 0 Å². The molecule has 0 aromatic carbocycles. The summed E-state index contributed by atoms with van der Waals surface area (Å²) in [5.41, 5.74) is 0. The highest BCUT2D eigenvalue weighted by Gasteiger charge is 2.38. The summed E-state index contributed by atoms with van der Waals surface area (Å²) in [4.78, 5) is 12.6. The van der Waals surface area contributed by atoms with Gasteiger partial charge in [-0.15, -0.1) is 0 Å². The maximum absolute atomic E-state index is 12.6. The molecule has 11 heteroatoms. The highest BCUT2D eigenvalue weighted by Crippen LogP contribution is 2.65. The minimum atomic E-state index is -3.77. The van der Waals surface area contributed by atoms with Gasteiger partial charge in [-0.2, -0.15) is 0 Å². The fourth-order valence-corrected chi connectivity index (χ4v) is 9.53. The Kier molecular flexibility index (Phi) is 9.62. The quantitative estimate of drug-likeness (QED) is 0.383. The molecule has 2 aliphatic rings. The van der Waals surface area contributed by atoms with Gasteiger partial charge in [0.2, 0.25) is 0 Å². The van der Waals surface area contributed by atoms with Crippen molar-refractivity contribution in [3.05, 3.63) is 0 Å².